The number of aromatic nitrogens is 4. The van der Waals surface area contributed by atoms with Gasteiger partial charge in [-0.3, -0.25) is 0 Å². The number of carbonyl (C=O) groups is 1. The fourth-order valence-corrected chi connectivity index (χ4v) is 2.86. The smallest absolute Gasteiger partial charge is 0.322 e. The Bertz CT molecular complexity index is 748. The van der Waals surface area contributed by atoms with Crippen LogP contribution >= 0.6 is 0 Å². The average Bonchev–Trinajstić information content (AvgIpc) is 3.34. The first-order chi connectivity index (χ1) is 13.0. The molecule has 2 aromatic rings. The van der Waals surface area contributed by atoms with Crippen LogP contribution in [0.5, 0.6) is 0 Å². The van der Waals surface area contributed by atoms with Crippen LogP contribution in [0.15, 0.2) is 24.5 Å². The normalized spacial score (nSPS) is 16.7. The van der Waals surface area contributed by atoms with Crippen LogP contribution in [0, 0.1) is 5.82 Å². The second-order valence-corrected chi connectivity index (χ2v) is 6.73. The van der Waals surface area contributed by atoms with E-state index >= 15 is 0 Å². The van der Waals surface area contributed by atoms with Gasteiger partial charge in [0.1, 0.15) is 12.1 Å². The average molecular weight is 377 g/mol. The number of tetrazole rings is 1. The Hall–Kier alpha value is -2.59. The number of amides is 2. The van der Waals surface area contributed by atoms with Crippen LogP contribution in [0.3, 0.4) is 0 Å². The van der Waals surface area contributed by atoms with Gasteiger partial charge in [-0.1, -0.05) is 0 Å². The number of nitrogens with one attached hydrogen (secondary N) is 1. The molecular formula is C17H24FN7O2. The quantitative estimate of drug-likeness (QED) is 0.784. The molecule has 1 N–H and O–H groups in total. The molecule has 0 bridgehead atoms. The number of anilines is 1. The number of ether oxygens (including phenoxy) is 1. The Morgan fingerprint density at radius 2 is 2.26 bits per heavy atom. The number of halogens is 1. The van der Waals surface area contributed by atoms with Crippen LogP contribution in [-0.2, 0) is 4.74 Å². The molecule has 1 fully saturated rings. The summed E-state index contributed by atoms with van der Waals surface area (Å²) in [5.74, 6) is -0.523. The van der Waals surface area contributed by atoms with Crippen molar-refractivity contribution in [1.29, 1.82) is 0 Å². The third-order valence-corrected chi connectivity index (χ3v) is 4.36. The summed E-state index contributed by atoms with van der Waals surface area (Å²) in [4.78, 5) is 16.5. The molecular weight excluding hydrogens is 353 g/mol. The second-order valence-electron chi connectivity index (χ2n) is 6.73. The van der Waals surface area contributed by atoms with Crippen LogP contribution in [-0.4, -0.2) is 82.5 Å². The topological polar surface area (TPSA) is 88.4 Å². The molecule has 1 aromatic carbocycles. The molecule has 1 aliphatic rings. The molecule has 3 rings (SSSR count). The van der Waals surface area contributed by atoms with Crippen LogP contribution in [0.1, 0.15) is 12.8 Å². The summed E-state index contributed by atoms with van der Waals surface area (Å²) in [5.41, 5.74) is 0.630. The maximum Gasteiger partial charge on any atom is 0.322 e. The highest BCUT2D eigenvalue weighted by Gasteiger charge is 2.23. The first-order valence-electron chi connectivity index (χ1n) is 8.88. The molecule has 2 heterocycles. The highest BCUT2D eigenvalue weighted by atomic mass is 19.1. The largest absolute Gasteiger partial charge is 0.376 e. The van der Waals surface area contributed by atoms with Crippen molar-refractivity contribution < 1.29 is 13.9 Å². The number of carbonyl (C=O) groups excluding carboxylic acids is 1. The first kappa shape index (κ1) is 19.2. The molecule has 27 heavy (non-hydrogen) atoms. The summed E-state index contributed by atoms with van der Waals surface area (Å²) in [6.45, 7) is 2.42. The molecule has 146 valence electrons. The molecule has 0 saturated carbocycles. The number of rotatable bonds is 7. The molecule has 9 nitrogen and oxygen atoms in total. The van der Waals surface area contributed by atoms with Crippen molar-refractivity contribution in [2.45, 2.75) is 18.9 Å². The van der Waals surface area contributed by atoms with Crippen molar-refractivity contribution in [3.05, 3.63) is 30.3 Å². The molecule has 0 radical (unpaired) electrons. The van der Waals surface area contributed by atoms with Gasteiger partial charge in [0, 0.05) is 26.2 Å². The van der Waals surface area contributed by atoms with E-state index in [1.165, 1.54) is 29.2 Å². The van der Waals surface area contributed by atoms with E-state index in [0.29, 0.717) is 25.3 Å². The summed E-state index contributed by atoms with van der Waals surface area (Å²) in [5, 5.41) is 13.6. The Morgan fingerprint density at radius 1 is 1.41 bits per heavy atom. The molecule has 1 aromatic heterocycles. The minimum atomic E-state index is -0.523. The molecule has 1 aliphatic heterocycles. The van der Waals surface area contributed by atoms with Gasteiger partial charge in [0.2, 0.25) is 0 Å². The molecule has 1 saturated heterocycles. The standard InChI is InChI=1S/C17H24FN7O2/c1-23(2)7-8-24(11-14-4-3-9-27-14)17(26)20-16-10-13(5-6-15(16)18)25-12-19-21-22-25/h5-6,10,12,14H,3-4,7-9,11H2,1-2H3,(H,20,26)/t14-/m0/s1. The van der Waals surface area contributed by atoms with Gasteiger partial charge in [-0.05, 0) is 55.6 Å². The van der Waals surface area contributed by atoms with Crippen LogP contribution in [0.2, 0.25) is 0 Å². The number of hydrogen-bond acceptors (Lipinski definition) is 6. The number of likely N-dealkylation sites (N-methyl/N-ethyl adjacent to an activating group) is 1. The van der Waals surface area contributed by atoms with E-state index < -0.39 is 5.82 Å². The summed E-state index contributed by atoms with van der Waals surface area (Å²) in [6, 6.07) is 3.95. The van der Waals surface area contributed by atoms with E-state index in [1.54, 1.807) is 4.90 Å². The molecule has 0 spiro atoms. The lowest BCUT2D eigenvalue weighted by atomic mass is 10.2. The van der Waals surface area contributed by atoms with Crippen molar-refractivity contribution in [3.63, 3.8) is 0 Å². The van der Waals surface area contributed by atoms with Gasteiger partial charge in [0.25, 0.3) is 0 Å². The van der Waals surface area contributed by atoms with E-state index in [0.717, 1.165) is 19.4 Å². The van der Waals surface area contributed by atoms with Crippen molar-refractivity contribution in [3.8, 4) is 5.69 Å². The van der Waals surface area contributed by atoms with Crippen molar-refractivity contribution >= 4 is 11.7 Å². The third-order valence-electron chi connectivity index (χ3n) is 4.36. The van der Waals surface area contributed by atoms with E-state index in [-0.39, 0.29) is 17.8 Å². The Labute approximate surface area is 157 Å². The molecule has 1 atom stereocenters. The first-order valence-corrected chi connectivity index (χ1v) is 8.88. The van der Waals surface area contributed by atoms with Crippen molar-refractivity contribution in [1.82, 2.24) is 30.0 Å². The second kappa shape index (κ2) is 8.87. The van der Waals surface area contributed by atoms with Gasteiger partial charge in [0.15, 0.2) is 0 Å². The van der Waals surface area contributed by atoms with Gasteiger partial charge in [-0.2, -0.15) is 0 Å². The van der Waals surface area contributed by atoms with E-state index in [1.807, 2.05) is 19.0 Å². The summed E-state index contributed by atoms with van der Waals surface area (Å²) in [7, 11) is 3.88. The molecule has 2 amide bonds. The van der Waals surface area contributed by atoms with Crippen molar-refractivity contribution in [2.75, 3.05) is 45.7 Å². The molecule has 0 unspecified atom stereocenters. The monoisotopic (exact) mass is 377 g/mol. The molecule has 0 aliphatic carbocycles. The zero-order valence-corrected chi connectivity index (χ0v) is 15.5. The highest BCUT2D eigenvalue weighted by molar-refractivity contribution is 5.89. The number of urea groups is 1. The van der Waals surface area contributed by atoms with E-state index in [2.05, 4.69) is 20.8 Å². The number of nitrogens with zero attached hydrogens (tertiary/aromatic N) is 6. The van der Waals surface area contributed by atoms with Gasteiger partial charge in [0.05, 0.1) is 17.5 Å². The molecule has 10 heteroatoms. The third kappa shape index (κ3) is 5.20. The summed E-state index contributed by atoms with van der Waals surface area (Å²) >= 11 is 0. The fraction of sp³-hybridized carbons (Fsp3) is 0.529. The van der Waals surface area contributed by atoms with Crippen molar-refractivity contribution in [2.24, 2.45) is 0 Å². The lowest BCUT2D eigenvalue weighted by Crippen LogP contribution is -2.43. The summed E-state index contributed by atoms with van der Waals surface area (Å²) in [6.07, 6.45) is 3.35. The Kier molecular flexibility index (Phi) is 6.30. The number of benzene rings is 1. The van der Waals surface area contributed by atoms with E-state index in [9.17, 15) is 9.18 Å². The maximum absolute atomic E-state index is 14.2. The predicted molar refractivity (Wildman–Crippen MR) is 97.2 cm³/mol. The van der Waals surface area contributed by atoms with E-state index in [4.69, 9.17) is 4.74 Å². The summed E-state index contributed by atoms with van der Waals surface area (Å²) < 4.78 is 21.3. The van der Waals surface area contributed by atoms with Gasteiger partial charge in [-0.25, -0.2) is 13.9 Å². The minimum Gasteiger partial charge on any atom is -0.376 e. The Morgan fingerprint density at radius 3 is 2.93 bits per heavy atom. The predicted octanol–water partition coefficient (Wildman–Crippen LogP) is 1.38. The van der Waals surface area contributed by atoms with Gasteiger partial charge < -0.3 is 19.9 Å². The SMILES string of the molecule is CN(C)CCN(C[C@@H]1CCCO1)C(=O)Nc1cc(-n2cnnn2)ccc1F. The maximum atomic E-state index is 14.2. The van der Waals surface area contributed by atoms with Crippen LogP contribution in [0.4, 0.5) is 14.9 Å². The lowest BCUT2D eigenvalue weighted by molar-refractivity contribution is 0.0820. The lowest BCUT2D eigenvalue weighted by Gasteiger charge is -2.27. The number of hydrogen-bond donors (Lipinski definition) is 1. The fourth-order valence-electron chi connectivity index (χ4n) is 2.86. The zero-order chi connectivity index (χ0) is 19.2. The van der Waals surface area contributed by atoms with Gasteiger partial charge >= 0.3 is 6.03 Å². The van der Waals surface area contributed by atoms with Crippen LogP contribution < -0.4 is 5.32 Å². The Balaban J connectivity index is 1.72. The highest BCUT2D eigenvalue weighted by Crippen LogP contribution is 2.20. The van der Waals surface area contributed by atoms with Gasteiger partial charge in [-0.15, -0.1) is 5.10 Å². The minimum absolute atomic E-state index is 0.0234. The van der Waals surface area contributed by atoms with Crippen LogP contribution in [0.25, 0.3) is 5.69 Å². The zero-order valence-electron chi connectivity index (χ0n) is 15.5.